The molecule has 0 saturated carbocycles. The molecule has 11 heteroatoms. The van der Waals surface area contributed by atoms with Crippen LogP contribution in [0.4, 0.5) is 13.2 Å². The lowest BCUT2D eigenvalue weighted by Gasteiger charge is -2.28. The van der Waals surface area contributed by atoms with Gasteiger partial charge in [0.15, 0.2) is 0 Å². The van der Waals surface area contributed by atoms with Gasteiger partial charge in [0.25, 0.3) is 5.91 Å². The monoisotopic (exact) mass is 485 g/mol. The fraction of sp³-hybridized carbons (Fsp3) is 0.409. The van der Waals surface area contributed by atoms with Crippen LogP contribution in [0.25, 0.3) is 0 Å². The number of hydrogen-bond donors (Lipinski definition) is 2. The molecule has 1 unspecified atom stereocenters. The van der Waals surface area contributed by atoms with Crippen LogP contribution >= 0.6 is 0 Å². The molecule has 0 aromatic heterocycles. The summed E-state index contributed by atoms with van der Waals surface area (Å²) >= 11 is 0. The van der Waals surface area contributed by atoms with Gasteiger partial charge in [0.2, 0.25) is 10.0 Å². The number of amides is 1. The van der Waals surface area contributed by atoms with Crippen LogP contribution in [0, 0.1) is 0 Å². The summed E-state index contributed by atoms with van der Waals surface area (Å²) in [5, 5.41) is 1.75. The molecular formula is C22H26F3N3O4S. The standard InChI is InChI=1S/C22H26F3N3O4S/c1-32-18-6-4-5-17(13-18)20(28-11-2-3-12-28)14-27-33(30,31)19-9-7-16(8-10-19)21(29)26-15-22(23,24)25/h4-10,13,20,27H,2-3,11-12,14-15H2,1H3,(H,26,29). The summed E-state index contributed by atoms with van der Waals surface area (Å²) in [5.41, 5.74) is 0.861. The molecule has 1 aliphatic heterocycles. The van der Waals surface area contributed by atoms with Crippen LogP contribution in [0.5, 0.6) is 5.75 Å². The van der Waals surface area contributed by atoms with Crippen molar-refractivity contribution in [3.63, 3.8) is 0 Å². The summed E-state index contributed by atoms with van der Waals surface area (Å²) in [4.78, 5) is 14.0. The predicted molar refractivity (Wildman–Crippen MR) is 117 cm³/mol. The lowest BCUT2D eigenvalue weighted by molar-refractivity contribution is -0.123. The quantitative estimate of drug-likeness (QED) is 0.570. The first-order valence-corrected chi connectivity index (χ1v) is 11.9. The van der Waals surface area contributed by atoms with E-state index in [-0.39, 0.29) is 23.0 Å². The molecule has 3 rings (SSSR count). The predicted octanol–water partition coefficient (Wildman–Crippen LogP) is 3.10. The lowest BCUT2D eigenvalue weighted by Crippen LogP contribution is -2.36. The van der Waals surface area contributed by atoms with Crippen molar-refractivity contribution in [2.45, 2.75) is 30.0 Å². The number of halogens is 3. The maximum absolute atomic E-state index is 12.8. The minimum absolute atomic E-state index is 0.0653. The van der Waals surface area contributed by atoms with Crippen LogP contribution in [0.1, 0.15) is 34.8 Å². The van der Waals surface area contributed by atoms with Crippen molar-refractivity contribution in [3.05, 3.63) is 59.7 Å². The van der Waals surface area contributed by atoms with Crippen molar-refractivity contribution in [2.75, 3.05) is 33.3 Å². The molecule has 0 radical (unpaired) electrons. The first-order chi connectivity index (χ1) is 15.6. The fourth-order valence-corrected chi connectivity index (χ4v) is 4.74. The summed E-state index contributed by atoms with van der Waals surface area (Å²) < 4.78 is 70.4. The lowest BCUT2D eigenvalue weighted by atomic mass is 10.1. The van der Waals surface area contributed by atoms with Crippen molar-refractivity contribution in [1.29, 1.82) is 0 Å². The molecule has 7 nitrogen and oxygen atoms in total. The highest BCUT2D eigenvalue weighted by Gasteiger charge is 2.28. The molecule has 2 N–H and O–H groups in total. The largest absolute Gasteiger partial charge is 0.497 e. The molecule has 1 fully saturated rings. The van der Waals surface area contributed by atoms with E-state index in [1.54, 1.807) is 12.4 Å². The van der Waals surface area contributed by atoms with E-state index in [2.05, 4.69) is 9.62 Å². The second kappa shape index (κ2) is 10.5. The number of nitrogens with one attached hydrogen (secondary N) is 2. The molecule has 0 aliphatic carbocycles. The van der Waals surface area contributed by atoms with E-state index in [0.717, 1.165) is 31.5 Å². The third-order valence-corrected chi connectivity index (χ3v) is 6.84. The number of benzene rings is 2. The number of likely N-dealkylation sites (tertiary alicyclic amines) is 1. The topological polar surface area (TPSA) is 87.7 Å². The number of carbonyl (C=O) groups is 1. The molecular weight excluding hydrogens is 459 g/mol. The van der Waals surface area contributed by atoms with Gasteiger partial charge in [-0.05, 0) is 67.9 Å². The Balaban J connectivity index is 1.70. The highest BCUT2D eigenvalue weighted by atomic mass is 32.2. The van der Waals surface area contributed by atoms with Gasteiger partial charge in [-0.15, -0.1) is 0 Å². The van der Waals surface area contributed by atoms with Gasteiger partial charge >= 0.3 is 6.18 Å². The van der Waals surface area contributed by atoms with Crippen LogP contribution < -0.4 is 14.8 Å². The minimum atomic E-state index is -4.53. The summed E-state index contributed by atoms with van der Waals surface area (Å²) in [6.45, 7) is 0.371. The second-order valence-electron chi connectivity index (χ2n) is 7.71. The second-order valence-corrected chi connectivity index (χ2v) is 9.48. The Hall–Kier alpha value is -2.63. The number of rotatable bonds is 9. The molecule has 33 heavy (non-hydrogen) atoms. The molecule has 1 aliphatic rings. The number of ether oxygens (including phenoxy) is 1. The molecule has 180 valence electrons. The average Bonchev–Trinajstić information content (AvgIpc) is 3.32. The van der Waals surface area contributed by atoms with Gasteiger partial charge in [0.05, 0.1) is 12.0 Å². The molecule has 2 aromatic rings. The highest BCUT2D eigenvalue weighted by Crippen LogP contribution is 2.27. The van der Waals surface area contributed by atoms with Gasteiger partial charge in [-0.2, -0.15) is 13.2 Å². The van der Waals surface area contributed by atoms with Crippen LogP contribution in [-0.4, -0.2) is 58.7 Å². The normalized spacial score (nSPS) is 15.9. The smallest absolute Gasteiger partial charge is 0.405 e. The Labute approximate surface area is 191 Å². The molecule has 0 bridgehead atoms. The summed E-state index contributed by atoms with van der Waals surface area (Å²) in [6, 6.07) is 12.0. The number of alkyl halides is 3. The maximum Gasteiger partial charge on any atom is 0.405 e. The first kappa shape index (κ1) is 25.0. The highest BCUT2D eigenvalue weighted by molar-refractivity contribution is 7.89. The zero-order valence-electron chi connectivity index (χ0n) is 18.1. The van der Waals surface area contributed by atoms with Gasteiger partial charge in [-0.25, -0.2) is 13.1 Å². The third kappa shape index (κ3) is 6.92. The first-order valence-electron chi connectivity index (χ1n) is 10.4. The van der Waals surface area contributed by atoms with Crippen molar-refractivity contribution in [2.24, 2.45) is 0 Å². The molecule has 1 heterocycles. The van der Waals surface area contributed by atoms with Crippen LogP contribution in [0.2, 0.25) is 0 Å². The minimum Gasteiger partial charge on any atom is -0.497 e. The van der Waals surface area contributed by atoms with E-state index in [4.69, 9.17) is 4.74 Å². The average molecular weight is 486 g/mol. The van der Waals surface area contributed by atoms with E-state index < -0.39 is 28.7 Å². The Morgan fingerprint density at radius 2 is 1.79 bits per heavy atom. The number of nitrogens with zero attached hydrogens (tertiary/aromatic N) is 1. The Kier molecular flexibility index (Phi) is 7.98. The Bertz CT molecular complexity index is 1050. The van der Waals surface area contributed by atoms with E-state index in [1.807, 2.05) is 24.3 Å². The third-order valence-electron chi connectivity index (χ3n) is 5.40. The van der Waals surface area contributed by atoms with E-state index in [9.17, 15) is 26.4 Å². The van der Waals surface area contributed by atoms with Crippen molar-refractivity contribution in [3.8, 4) is 5.75 Å². The van der Waals surface area contributed by atoms with Gasteiger partial charge in [0.1, 0.15) is 12.3 Å². The van der Waals surface area contributed by atoms with E-state index >= 15 is 0 Å². The van der Waals surface area contributed by atoms with Crippen LogP contribution in [0.3, 0.4) is 0 Å². The van der Waals surface area contributed by atoms with Crippen molar-refractivity contribution < 1.29 is 31.1 Å². The molecule has 1 amide bonds. The SMILES string of the molecule is COc1cccc(C(CNS(=O)(=O)c2ccc(C(=O)NCC(F)(F)F)cc2)N2CCCC2)c1. The summed E-state index contributed by atoms with van der Waals surface area (Å²) in [7, 11) is -2.34. The Morgan fingerprint density at radius 1 is 1.12 bits per heavy atom. The molecule has 1 saturated heterocycles. The zero-order valence-corrected chi connectivity index (χ0v) is 18.9. The Morgan fingerprint density at radius 3 is 2.39 bits per heavy atom. The van der Waals surface area contributed by atoms with Gasteiger partial charge < -0.3 is 10.1 Å². The number of carbonyl (C=O) groups excluding carboxylic acids is 1. The van der Waals surface area contributed by atoms with Gasteiger partial charge in [0, 0.05) is 18.2 Å². The number of hydrogen-bond acceptors (Lipinski definition) is 5. The van der Waals surface area contributed by atoms with Crippen molar-refractivity contribution >= 4 is 15.9 Å². The van der Waals surface area contributed by atoms with E-state index in [1.165, 1.54) is 24.3 Å². The maximum atomic E-state index is 12.8. The zero-order chi connectivity index (χ0) is 24.1. The van der Waals surface area contributed by atoms with E-state index in [0.29, 0.717) is 5.75 Å². The van der Waals surface area contributed by atoms with Crippen LogP contribution in [0.15, 0.2) is 53.4 Å². The number of sulfonamides is 1. The van der Waals surface area contributed by atoms with Gasteiger partial charge in [-0.1, -0.05) is 12.1 Å². The van der Waals surface area contributed by atoms with Gasteiger partial charge in [-0.3, -0.25) is 9.69 Å². The van der Waals surface area contributed by atoms with Crippen LogP contribution in [-0.2, 0) is 10.0 Å². The molecule has 2 aromatic carbocycles. The summed E-state index contributed by atoms with van der Waals surface area (Å²) in [6.07, 6.45) is -2.46. The number of methoxy groups -OCH3 is 1. The fourth-order valence-electron chi connectivity index (χ4n) is 3.70. The molecule has 1 atom stereocenters. The van der Waals surface area contributed by atoms with Crippen molar-refractivity contribution in [1.82, 2.24) is 14.9 Å². The molecule has 0 spiro atoms. The summed E-state index contributed by atoms with van der Waals surface area (Å²) in [5.74, 6) is -0.254.